The summed E-state index contributed by atoms with van der Waals surface area (Å²) in [5.74, 6) is 0. The molecular weight excluding hydrogens is 363 g/mol. The molecule has 0 aliphatic rings. The Labute approximate surface area is 157 Å². The fraction of sp³-hybridized carbons (Fsp3) is 0.250. The quantitative estimate of drug-likeness (QED) is 0.592. The third kappa shape index (κ3) is 3.75. The minimum absolute atomic E-state index is 1.36. The predicted octanol–water partition coefficient (Wildman–Crippen LogP) is 4.05. The number of aryl methyl sites for hydroxylation is 6. The van der Waals surface area contributed by atoms with Gasteiger partial charge in [-0.3, -0.25) is 0 Å². The summed E-state index contributed by atoms with van der Waals surface area (Å²) in [5.41, 5.74) is 8.34. The number of hydrogen-bond donors (Lipinski definition) is 0. The molecule has 3 aromatic carbocycles. The molecule has 0 atom stereocenters. The van der Waals surface area contributed by atoms with Crippen LogP contribution in [0.2, 0.25) is 0 Å². The first-order valence-corrected chi connectivity index (χ1v) is 11.7. The van der Waals surface area contributed by atoms with Crippen molar-refractivity contribution < 1.29 is 0 Å². The van der Waals surface area contributed by atoms with E-state index >= 15 is 0 Å². The van der Waals surface area contributed by atoms with Crippen LogP contribution in [0.4, 0.5) is 0 Å². The van der Waals surface area contributed by atoms with E-state index in [1.807, 2.05) is 0 Å². The van der Waals surface area contributed by atoms with Gasteiger partial charge in [0.2, 0.25) is 0 Å². The summed E-state index contributed by atoms with van der Waals surface area (Å²) in [7, 11) is 0. The number of benzene rings is 3. The van der Waals surface area contributed by atoms with Crippen molar-refractivity contribution >= 4 is 27.7 Å². The van der Waals surface area contributed by atoms with Gasteiger partial charge in [-0.25, -0.2) is 0 Å². The second-order valence-electron chi connectivity index (χ2n) is 7.21. The van der Waals surface area contributed by atoms with Crippen LogP contribution in [0, 0.1) is 41.5 Å². The topological polar surface area (TPSA) is 0 Å². The zero-order chi connectivity index (χ0) is 18.1. The summed E-state index contributed by atoms with van der Waals surface area (Å²) in [6.45, 7) is 13.4. The maximum absolute atomic E-state index is 2.43. The summed E-state index contributed by atoms with van der Waals surface area (Å²) in [6, 6.07) is 20.9. The van der Waals surface area contributed by atoms with Crippen LogP contribution < -0.4 is 13.1 Å². The molecule has 0 unspecified atom stereocenters. The molecule has 0 fully saturated rings. The summed E-state index contributed by atoms with van der Waals surface area (Å²) in [5, 5.41) is 0. The zero-order valence-corrected chi connectivity index (χ0v) is 18.0. The van der Waals surface area contributed by atoms with Crippen molar-refractivity contribution in [2.45, 2.75) is 41.5 Å². The number of rotatable bonds is 3. The Bertz CT molecular complexity index is 799. The molecule has 0 heterocycles. The van der Waals surface area contributed by atoms with Crippen molar-refractivity contribution in [1.82, 2.24) is 0 Å². The fourth-order valence-corrected chi connectivity index (χ4v) is 9.69. The van der Waals surface area contributed by atoms with Crippen molar-refractivity contribution in [3.05, 3.63) is 88.0 Å². The van der Waals surface area contributed by atoms with Crippen LogP contribution in [0.1, 0.15) is 33.4 Å². The molecule has 3 rings (SSSR count). The third-order valence-electron chi connectivity index (χ3n) is 4.82. The average molecular weight is 390 g/mol. The standard InChI is InChI=1S/C24H27As/c1-16-7-10-19(4)22(13-16)25(23-14-17(2)8-11-20(23)5)24-15-18(3)9-12-21(24)6/h7-15H,1-6H3. The maximum atomic E-state index is 2.43. The molecule has 0 N–H and O–H groups in total. The minimum atomic E-state index is -1.60. The SMILES string of the molecule is Cc1ccc(C)c([As](c2cc(C)ccc2C)c2cc(C)ccc2C)c1. The van der Waals surface area contributed by atoms with Gasteiger partial charge in [0, 0.05) is 0 Å². The van der Waals surface area contributed by atoms with E-state index in [9.17, 15) is 0 Å². The van der Waals surface area contributed by atoms with Crippen molar-refractivity contribution in [2.24, 2.45) is 0 Å². The van der Waals surface area contributed by atoms with E-state index < -0.39 is 14.7 Å². The monoisotopic (exact) mass is 390 g/mol. The Morgan fingerprint density at radius 3 is 1.00 bits per heavy atom. The van der Waals surface area contributed by atoms with Crippen molar-refractivity contribution in [3.8, 4) is 0 Å². The van der Waals surface area contributed by atoms with E-state index in [1.165, 1.54) is 33.4 Å². The van der Waals surface area contributed by atoms with E-state index in [4.69, 9.17) is 0 Å². The van der Waals surface area contributed by atoms with Crippen molar-refractivity contribution in [1.29, 1.82) is 0 Å². The average Bonchev–Trinajstić information content (AvgIpc) is 2.57. The van der Waals surface area contributed by atoms with Gasteiger partial charge >= 0.3 is 157 Å². The molecule has 0 radical (unpaired) electrons. The summed E-state index contributed by atoms with van der Waals surface area (Å²) < 4.78 is 4.69. The first kappa shape index (κ1) is 18.0. The van der Waals surface area contributed by atoms with E-state index in [-0.39, 0.29) is 0 Å². The van der Waals surface area contributed by atoms with Gasteiger partial charge in [0.05, 0.1) is 0 Å². The fourth-order valence-electron chi connectivity index (χ4n) is 3.27. The molecule has 0 aliphatic heterocycles. The molecular formula is C24H27As. The Morgan fingerprint density at radius 2 is 0.720 bits per heavy atom. The van der Waals surface area contributed by atoms with E-state index in [0.29, 0.717) is 0 Å². The van der Waals surface area contributed by atoms with Crippen LogP contribution in [0.3, 0.4) is 0 Å². The van der Waals surface area contributed by atoms with Gasteiger partial charge < -0.3 is 0 Å². The van der Waals surface area contributed by atoms with Crippen LogP contribution in [0.15, 0.2) is 54.6 Å². The van der Waals surface area contributed by atoms with Gasteiger partial charge in [-0.05, 0) is 0 Å². The number of hydrogen-bond acceptors (Lipinski definition) is 0. The van der Waals surface area contributed by atoms with Crippen LogP contribution in [0.25, 0.3) is 0 Å². The van der Waals surface area contributed by atoms with Crippen molar-refractivity contribution in [3.63, 3.8) is 0 Å². The van der Waals surface area contributed by atoms with Crippen LogP contribution in [-0.4, -0.2) is 14.7 Å². The molecule has 0 aromatic heterocycles. The molecule has 25 heavy (non-hydrogen) atoms. The summed E-state index contributed by atoms with van der Waals surface area (Å²) >= 11 is -1.60. The normalized spacial score (nSPS) is 11.2. The Morgan fingerprint density at radius 1 is 0.440 bits per heavy atom. The zero-order valence-electron chi connectivity index (χ0n) is 16.1. The van der Waals surface area contributed by atoms with Crippen LogP contribution in [0.5, 0.6) is 0 Å². The molecule has 128 valence electrons. The van der Waals surface area contributed by atoms with E-state index in [0.717, 1.165) is 0 Å². The molecule has 0 spiro atoms. The van der Waals surface area contributed by atoms with Gasteiger partial charge in [0.15, 0.2) is 0 Å². The Hall–Kier alpha value is -1.78. The molecule has 0 saturated carbocycles. The molecule has 1 heteroatoms. The van der Waals surface area contributed by atoms with E-state index in [2.05, 4.69) is 96.1 Å². The predicted molar refractivity (Wildman–Crippen MR) is 112 cm³/mol. The first-order chi connectivity index (χ1) is 11.9. The molecule has 0 nitrogen and oxygen atoms in total. The Balaban J connectivity index is 2.34. The Kier molecular flexibility index (Phi) is 5.21. The van der Waals surface area contributed by atoms with Gasteiger partial charge in [-0.2, -0.15) is 0 Å². The van der Waals surface area contributed by atoms with Gasteiger partial charge in [-0.1, -0.05) is 0 Å². The van der Waals surface area contributed by atoms with E-state index in [1.54, 1.807) is 13.1 Å². The van der Waals surface area contributed by atoms with Gasteiger partial charge in [-0.15, -0.1) is 0 Å². The second kappa shape index (κ2) is 7.22. The van der Waals surface area contributed by atoms with Gasteiger partial charge in [0.25, 0.3) is 0 Å². The van der Waals surface area contributed by atoms with Gasteiger partial charge in [0.1, 0.15) is 0 Å². The third-order valence-corrected chi connectivity index (χ3v) is 10.9. The van der Waals surface area contributed by atoms with Crippen LogP contribution >= 0.6 is 0 Å². The second-order valence-corrected chi connectivity index (χ2v) is 11.6. The molecule has 3 aromatic rings. The molecule has 0 bridgehead atoms. The summed E-state index contributed by atoms with van der Waals surface area (Å²) in [6.07, 6.45) is 0. The van der Waals surface area contributed by atoms with Crippen molar-refractivity contribution in [2.75, 3.05) is 0 Å². The molecule has 0 aliphatic carbocycles. The molecule has 0 amide bonds. The summed E-state index contributed by atoms with van der Waals surface area (Å²) in [4.78, 5) is 0. The van der Waals surface area contributed by atoms with Crippen LogP contribution in [-0.2, 0) is 0 Å². The molecule has 0 saturated heterocycles. The first-order valence-electron chi connectivity index (χ1n) is 8.88.